The molecule has 1 N–H and O–H groups in total. The molecule has 0 bridgehead atoms. The van der Waals surface area contributed by atoms with Crippen LogP contribution < -0.4 is 5.32 Å². The number of nitrogens with one attached hydrogen (secondary N) is 1. The third-order valence-electron chi connectivity index (χ3n) is 5.81. The van der Waals surface area contributed by atoms with Crippen molar-refractivity contribution in [1.29, 1.82) is 0 Å². The lowest BCUT2D eigenvalue weighted by atomic mass is 10.1. The van der Waals surface area contributed by atoms with Gasteiger partial charge in [0.1, 0.15) is 27.0 Å². The quantitative estimate of drug-likeness (QED) is 0.313. The van der Waals surface area contributed by atoms with E-state index >= 15 is 0 Å². The molecule has 0 aliphatic heterocycles. The summed E-state index contributed by atoms with van der Waals surface area (Å²) in [6, 6.07) is 30.2. The summed E-state index contributed by atoms with van der Waals surface area (Å²) in [5.41, 5.74) is 4.16. The first-order chi connectivity index (χ1) is 16.7. The Hall–Kier alpha value is -4.29. The highest BCUT2D eigenvalue weighted by molar-refractivity contribution is 7.17. The summed E-state index contributed by atoms with van der Waals surface area (Å²) in [6.45, 7) is 1.87. The number of benzene rings is 3. The van der Waals surface area contributed by atoms with Crippen LogP contribution in [0.3, 0.4) is 0 Å². The second-order valence-corrected chi connectivity index (χ2v) is 9.05. The van der Waals surface area contributed by atoms with Gasteiger partial charge in [-0.05, 0) is 35.9 Å². The van der Waals surface area contributed by atoms with Gasteiger partial charge in [-0.1, -0.05) is 72.8 Å². The number of nitrogens with zero attached hydrogens (tertiary/aromatic N) is 3. The molecule has 34 heavy (non-hydrogen) atoms. The van der Waals surface area contributed by atoms with Crippen LogP contribution in [0.1, 0.15) is 15.4 Å². The van der Waals surface area contributed by atoms with Crippen molar-refractivity contribution in [3.05, 3.63) is 108 Å². The monoisotopic (exact) mass is 460 g/mol. The van der Waals surface area contributed by atoms with Crippen LogP contribution in [-0.2, 0) is 0 Å². The number of carbonyl (C=O) groups is 1. The number of aryl methyl sites for hydroxylation is 1. The van der Waals surface area contributed by atoms with Crippen molar-refractivity contribution in [2.45, 2.75) is 6.92 Å². The third-order valence-corrected chi connectivity index (χ3v) is 7.01. The Labute approximate surface area is 200 Å². The highest BCUT2D eigenvalue weighted by Crippen LogP contribution is 2.33. The van der Waals surface area contributed by atoms with Gasteiger partial charge in [-0.2, -0.15) is 0 Å². The lowest BCUT2D eigenvalue weighted by Crippen LogP contribution is -2.13. The van der Waals surface area contributed by atoms with Gasteiger partial charge in [-0.15, -0.1) is 11.3 Å². The lowest BCUT2D eigenvalue weighted by molar-refractivity contribution is 0.102. The predicted octanol–water partition coefficient (Wildman–Crippen LogP) is 6.84. The molecule has 1 amide bonds. The SMILES string of the molecule is Cc1nc(-c2ccccc2)sc1C(=O)Nc1c(-c2ccc3ccccc3c2)nc2ccccn12. The highest BCUT2D eigenvalue weighted by Gasteiger charge is 2.21. The van der Waals surface area contributed by atoms with Crippen LogP contribution in [0.15, 0.2) is 97.2 Å². The Balaban J connectivity index is 1.43. The molecule has 3 aromatic carbocycles. The molecule has 164 valence electrons. The molecule has 0 aliphatic carbocycles. The number of pyridine rings is 1. The fourth-order valence-corrected chi connectivity index (χ4v) is 5.10. The number of imidazole rings is 1. The Bertz CT molecular complexity index is 1670. The molecule has 0 atom stereocenters. The van der Waals surface area contributed by atoms with E-state index in [9.17, 15) is 4.79 Å². The predicted molar refractivity (Wildman–Crippen MR) is 138 cm³/mol. The molecule has 6 heteroatoms. The zero-order valence-electron chi connectivity index (χ0n) is 18.4. The van der Waals surface area contributed by atoms with E-state index in [0.29, 0.717) is 16.4 Å². The topological polar surface area (TPSA) is 59.3 Å². The summed E-state index contributed by atoms with van der Waals surface area (Å²) in [7, 11) is 0. The van der Waals surface area contributed by atoms with Gasteiger partial charge in [0.05, 0.1) is 5.69 Å². The molecule has 0 saturated carbocycles. The van der Waals surface area contributed by atoms with Crippen LogP contribution in [0.4, 0.5) is 5.82 Å². The van der Waals surface area contributed by atoms with Crippen molar-refractivity contribution in [2.24, 2.45) is 0 Å². The van der Waals surface area contributed by atoms with Crippen molar-refractivity contribution in [2.75, 3.05) is 5.32 Å². The van der Waals surface area contributed by atoms with E-state index in [1.807, 2.05) is 84.3 Å². The average Bonchev–Trinajstić information content (AvgIpc) is 3.45. The van der Waals surface area contributed by atoms with E-state index in [-0.39, 0.29) is 5.91 Å². The van der Waals surface area contributed by atoms with Gasteiger partial charge in [-0.25, -0.2) is 9.97 Å². The Morgan fingerprint density at radius 3 is 2.44 bits per heavy atom. The number of rotatable bonds is 4. The van der Waals surface area contributed by atoms with Gasteiger partial charge in [0.25, 0.3) is 5.91 Å². The zero-order valence-corrected chi connectivity index (χ0v) is 19.2. The van der Waals surface area contributed by atoms with Crippen molar-refractivity contribution >= 4 is 39.5 Å². The number of hydrogen-bond acceptors (Lipinski definition) is 4. The maximum absolute atomic E-state index is 13.4. The van der Waals surface area contributed by atoms with Gasteiger partial charge in [0.15, 0.2) is 0 Å². The molecular formula is C28H20N4OS. The maximum atomic E-state index is 13.4. The van der Waals surface area contributed by atoms with E-state index in [1.54, 1.807) is 0 Å². The van der Waals surface area contributed by atoms with Gasteiger partial charge >= 0.3 is 0 Å². The molecule has 0 fully saturated rings. The van der Waals surface area contributed by atoms with Crippen LogP contribution in [-0.4, -0.2) is 20.3 Å². The van der Waals surface area contributed by atoms with Crippen molar-refractivity contribution in [1.82, 2.24) is 14.4 Å². The fourth-order valence-electron chi connectivity index (χ4n) is 4.13. The average molecular weight is 461 g/mol. The van der Waals surface area contributed by atoms with Gasteiger partial charge in [0.2, 0.25) is 0 Å². The minimum Gasteiger partial charge on any atom is -0.305 e. The van der Waals surface area contributed by atoms with E-state index in [4.69, 9.17) is 4.98 Å². The number of aromatic nitrogens is 3. The number of amides is 1. The Morgan fingerprint density at radius 2 is 1.59 bits per heavy atom. The van der Waals surface area contributed by atoms with E-state index < -0.39 is 0 Å². The van der Waals surface area contributed by atoms with Crippen molar-refractivity contribution < 1.29 is 4.79 Å². The van der Waals surface area contributed by atoms with Crippen LogP contribution in [0.2, 0.25) is 0 Å². The molecule has 0 aliphatic rings. The Kier molecular flexibility index (Phi) is 4.93. The molecule has 6 aromatic rings. The number of fused-ring (bicyclic) bond motifs is 2. The molecule has 6 rings (SSSR count). The van der Waals surface area contributed by atoms with Gasteiger partial charge in [-0.3, -0.25) is 9.20 Å². The molecule has 5 nitrogen and oxygen atoms in total. The van der Waals surface area contributed by atoms with Crippen LogP contribution >= 0.6 is 11.3 Å². The maximum Gasteiger partial charge on any atom is 0.268 e. The largest absolute Gasteiger partial charge is 0.305 e. The summed E-state index contributed by atoms with van der Waals surface area (Å²) >= 11 is 1.40. The van der Waals surface area contributed by atoms with Crippen LogP contribution in [0.5, 0.6) is 0 Å². The molecule has 0 unspecified atom stereocenters. The normalized spacial score (nSPS) is 11.2. The molecule has 0 radical (unpaired) electrons. The minimum absolute atomic E-state index is 0.190. The summed E-state index contributed by atoms with van der Waals surface area (Å²) in [6.07, 6.45) is 1.91. The molecular weight excluding hydrogens is 440 g/mol. The summed E-state index contributed by atoms with van der Waals surface area (Å²) in [5.74, 6) is 0.454. The first-order valence-electron chi connectivity index (χ1n) is 11.0. The minimum atomic E-state index is -0.190. The number of hydrogen-bond donors (Lipinski definition) is 1. The first kappa shape index (κ1) is 20.3. The molecule has 3 heterocycles. The highest BCUT2D eigenvalue weighted by atomic mass is 32.1. The zero-order chi connectivity index (χ0) is 23.1. The molecule has 3 aromatic heterocycles. The van der Waals surface area contributed by atoms with Crippen molar-refractivity contribution in [3.63, 3.8) is 0 Å². The summed E-state index contributed by atoms with van der Waals surface area (Å²) < 4.78 is 1.91. The van der Waals surface area contributed by atoms with Crippen LogP contribution in [0, 0.1) is 6.92 Å². The smallest absolute Gasteiger partial charge is 0.268 e. The van der Waals surface area contributed by atoms with Crippen molar-refractivity contribution in [3.8, 4) is 21.8 Å². The fraction of sp³-hybridized carbons (Fsp3) is 0.0357. The first-order valence-corrected chi connectivity index (χ1v) is 11.8. The number of thiazole rings is 1. The number of carbonyl (C=O) groups excluding carboxylic acids is 1. The Morgan fingerprint density at radius 1 is 0.824 bits per heavy atom. The third kappa shape index (κ3) is 3.54. The molecule has 0 spiro atoms. The van der Waals surface area contributed by atoms with Gasteiger partial charge < -0.3 is 5.32 Å². The van der Waals surface area contributed by atoms with E-state index in [2.05, 4.69) is 34.6 Å². The van der Waals surface area contributed by atoms with Gasteiger partial charge in [0, 0.05) is 17.3 Å². The van der Waals surface area contributed by atoms with E-state index in [0.717, 1.165) is 38.2 Å². The van der Waals surface area contributed by atoms with Crippen LogP contribution in [0.25, 0.3) is 38.2 Å². The lowest BCUT2D eigenvalue weighted by Gasteiger charge is -2.08. The second kappa shape index (κ2) is 8.24. The second-order valence-electron chi connectivity index (χ2n) is 8.05. The molecule has 0 saturated heterocycles. The summed E-state index contributed by atoms with van der Waals surface area (Å²) in [4.78, 5) is 23.5. The number of anilines is 1. The summed E-state index contributed by atoms with van der Waals surface area (Å²) in [5, 5.41) is 6.25. The van der Waals surface area contributed by atoms with E-state index in [1.165, 1.54) is 11.3 Å². The standard InChI is InChI=1S/C28H20N4OS/c1-18-25(34-28(29-18)20-10-3-2-4-11-20)27(33)31-26-24(30-23-13-7-8-16-32(23)26)22-15-14-19-9-5-6-12-21(19)17-22/h2-17H,1H3,(H,31,33).